The monoisotopic (exact) mass is 285 g/mol. The second-order valence-corrected chi connectivity index (χ2v) is 5.13. The summed E-state index contributed by atoms with van der Waals surface area (Å²) >= 11 is 0. The largest absolute Gasteiger partial charge is 0.370 e. The smallest absolute Gasteiger partial charge is 0.188 e. The highest BCUT2D eigenvalue weighted by atomic mass is 15.5. The molecule has 0 saturated heterocycles. The summed E-state index contributed by atoms with van der Waals surface area (Å²) in [5.41, 5.74) is 6.80. The zero-order chi connectivity index (χ0) is 14.5. The second kappa shape index (κ2) is 6.34. The van der Waals surface area contributed by atoms with Crippen molar-refractivity contribution in [2.45, 2.75) is 31.7 Å². The fourth-order valence-corrected chi connectivity index (χ4v) is 2.22. The molecule has 1 aromatic carbocycles. The number of aliphatic imine (C=N–C) groups is 1. The Hall–Kier alpha value is -2.44. The van der Waals surface area contributed by atoms with Gasteiger partial charge in [0.05, 0.1) is 5.69 Å². The molecule has 0 spiro atoms. The lowest BCUT2D eigenvalue weighted by Crippen LogP contribution is -2.43. The van der Waals surface area contributed by atoms with E-state index in [4.69, 9.17) is 5.73 Å². The van der Waals surface area contributed by atoms with Gasteiger partial charge in [0.1, 0.15) is 0 Å². The van der Waals surface area contributed by atoms with Gasteiger partial charge in [-0.2, -0.15) is 4.68 Å². The standard InChI is InChI=1S/C14H19N7/c15-14(17-11-5-4-6-11)16-10-9-13-18-19-20-21(13)12-7-2-1-3-8-12/h1-3,7-8,11H,4-6,9-10H2,(H3,15,16,17). The molecule has 0 radical (unpaired) electrons. The molecule has 21 heavy (non-hydrogen) atoms. The molecule has 0 aliphatic heterocycles. The summed E-state index contributed by atoms with van der Waals surface area (Å²) < 4.78 is 1.73. The summed E-state index contributed by atoms with van der Waals surface area (Å²) in [5, 5.41) is 15.0. The lowest BCUT2D eigenvalue weighted by Gasteiger charge is -2.26. The molecule has 1 aromatic heterocycles. The Balaban J connectivity index is 1.58. The Morgan fingerprint density at radius 2 is 2.14 bits per heavy atom. The van der Waals surface area contributed by atoms with Crippen molar-refractivity contribution in [2.75, 3.05) is 6.54 Å². The van der Waals surface area contributed by atoms with Crippen molar-refractivity contribution in [3.8, 4) is 5.69 Å². The van der Waals surface area contributed by atoms with Gasteiger partial charge in [-0.1, -0.05) is 18.2 Å². The molecule has 3 N–H and O–H groups in total. The van der Waals surface area contributed by atoms with Crippen LogP contribution in [0.4, 0.5) is 0 Å². The maximum atomic E-state index is 5.85. The van der Waals surface area contributed by atoms with Crippen LogP contribution in [0.2, 0.25) is 0 Å². The Kier molecular flexibility index (Phi) is 4.09. The van der Waals surface area contributed by atoms with Crippen LogP contribution in [0.3, 0.4) is 0 Å². The number of benzene rings is 1. The highest BCUT2D eigenvalue weighted by Gasteiger charge is 2.17. The third kappa shape index (κ3) is 3.36. The van der Waals surface area contributed by atoms with E-state index in [1.165, 1.54) is 19.3 Å². The van der Waals surface area contributed by atoms with Crippen molar-refractivity contribution in [2.24, 2.45) is 10.7 Å². The molecule has 1 aliphatic rings. The van der Waals surface area contributed by atoms with Crippen LogP contribution in [0.15, 0.2) is 35.3 Å². The second-order valence-electron chi connectivity index (χ2n) is 5.13. The van der Waals surface area contributed by atoms with Crippen LogP contribution in [-0.4, -0.2) is 38.8 Å². The van der Waals surface area contributed by atoms with Gasteiger partial charge in [-0.05, 0) is 41.8 Å². The minimum absolute atomic E-state index is 0.503. The quantitative estimate of drug-likeness (QED) is 0.622. The lowest BCUT2D eigenvalue weighted by molar-refractivity contribution is 0.382. The SMILES string of the molecule is NC(=NCCc1nnnn1-c1ccccc1)NC1CCC1. The number of rotatable bonds is 5. The zero-order valence-corrected chi connectivity index (χ0v) is 11.8. The molecule has 0 bridgehead atoms. The molecule has 3 rings (SSSR count). The first-order valence-corrected chi connectivity index (χ1v) is 7.22. The first-order valence-electron chi connectivity index (χ1n) is 7.22. The third-order valence-electron chi connectivity index (χ3n) is 3.61. The fraction of sp³-hybridized carbons (Fsp3) is 0.429. The van der Waals surface area contributed by atoms with Gasteiger partial charge in [0.15, 0.2) is 11.8 Å². The minimum atomic E-state index is 0.503. The first kappa shape index (κ1) is 13.5. The molecule has 0 atom stereocenters. The van der Waals surface area contributed by atoms with Gasteiger partial charge in [-0.25, -0.2) is 0 Å². The number of hydrogen-bond donors (Lipinski definition) is 2. The molecule has 1 heterocycles. The molecule has 2 aromatic rings. The zero-order valence-electron chi connectivity index (χ0n) is 11.8. The van der Waals surface area contributed by atoms with Crippen LogP contribution in [-0.2, 0) is 6.42 Å². The van der Waals surface area contributed by atoms with Crippen LogP contribution in [0.25, 0.3) is 5.69 Å². The predicted octanol–water partition coefficient (Wildman–Crippen LogP) is 0.662. The molecular weight excluding hydrogens is 266 g/mol. The van der Waals surface area contributed by atoms with E-state index in [0.717, 1.165) is 11.5 Å². The van der Waals surface area contributed by atoms with Gasteiger partial charge in [-0.15, -0.1) is 5.10 Å². The van der Waals surface area contributed by atoms with E-state index in [0.29, 0.717) is 25.0 Å². The van der Waals surface area contributed by atoms with Crippen molar-refractivity contribution in [1.29, 1.82) is 0 Å². The van der Waals surface area contributed by atoms with Gasteiger partial charge in [-0.3, -0.25) is 4.99 Å². The lowest BCUT2D eigenvalue weighted by atomic mass is 9.93. The Morgan fingerprint density at radius 3 is 2.86 bits per heavy atom. The molecule has 110 valence electrons. The Bertz CT molecular complexity index is 601. The van der Waals surface area contributed by atoms with Gasteiger partial charge in [0.2, 0.25) is 0 Å². The van der Waals surface area contributed by atoms with Gasteiger partial charge < -0.3 is 11.1 Å². The molecular formula is C14H19N7. The number of aromatic nitrogens is 4. The molecule has 7 nitrogen and oxygen atoms in total. The van der Waals surface area contributed by atoms with Crippen molar-refractivity contribution in [3.63, 3.8) is 0 Å². The summed E-state index contributed by atoms with van der Waals surface area (Å²) in [5.74, 6) is 1.29. The van der Waals surface area contributed by atoms with Crippen molar-refractivity contribution < 1.29 is 0 Å². The van der Waals surface area contributed by atoms with Crippen LogP contribution < -0.4 is 11.1 Å². The Morgan fingerprint density at radius 1 is 1.33 bits per heavy atom. The Labute approximate surface area is 123 Å². The normalized spacial score (nSPS) is 15.7. The summed E-state index contributed by atoms with van der Waals surface area (Å²) in [6, 6.07) is 10.3. The predicted molar refractivity (Wildman–Crippen MR) is 80.1 cm³/mol. The summed E-state index contributed by atoms with van der Waals surface area (Å²) in [6.45, 7) is 0.568. The van der Waals surface area contributed by atoms with E-state index in [2.05, 4.69) is 25.8 Å². The van der Waals surface area contributed by atoms with Crippen molar-refractivity contribution in [3.05, 3.63) is 36.2 Å². The van der Waals surface area contributed by atoms with Crippen LogP contribution in [0, 0.1) is 0 Å². The minimum Gasteiger partial charge on any atom is -0.370 e. The molecule has 1 aliphatic carbocycles. The number of nitrogens with zero attached hydrogens (tertiary/aromatic N) is 5. The van der Waals surface area contributed by atoms with Gasteiger partial charge in [0.25, 0.3) is 0 Å². The van der Waals surface area contributed by atoms with E-state index in [-0.39, 0.29) is 0 Å². The molecule has 7 heteroatoms. The first-order chi connectivity index (χ1) is 10.3. The van der Waals surface area contributed by atoms with E-state index in [1.54, 1.807) is 4.68 Å². The number of hydrogen-bond acceptors (Lipinski definition) is 4. The van der Waals surface area contributed by atoms with Crippen molar-refractivity contribution >= 4 is 5.96 Å². The van der Waals surface area contributed by atoms with E-state index in [1.807, 2.05) is 30.3 Å². The molecule has 1 fully saturated rings. The fourth-order valence-electron chi connectivity index (χ4n) is 2.22. The molecule has 0 unspecified atom stereocenters. The highest BCUT2D eigenvalue weighted by molar-refractivity contribution is 5.78. The number of guanidine groups is 1. The summed E-state index contributed by atoms with van der Waals surface area (Å²) in [4.78, 5) is 4.33. The topological polar surface area (TPSA) is 94.0 Å². The third-order valence-corrected chi connectivity index (χ3v) is 3.61. The van der Waals surface area contributed by atoms with E-state index >= 15 is 0 Å². The van der Waals surface area contributed by atoms with E-state index < -0.39 is 0 Å². The van der Waals surface area contributed by atoms with Gasteiger partial charge in [0, 0.05) is 19.0 Å². The maximum Gasteiger partial charge on any atom is 0.188 e. The number of nitrogens with one attached hydrogen (secondary N) is 1. The number of nitrogens with two attached hydrogens (primary N) is 1. The average Bonchev–Trinajstić information content (AvgIpc) is 2.92. The van der Waals surface area contributed by atoms with E-state index in [9.17, 15) is 0 Å². The van der Waals surface area contributed by atoms with Crippen LogP contribution in [0.5, 0.6) is 0 Å². The summed E-state index contributed by atoms with van der Waals surface area (Å²) in [6.07, 6.45) is 4.29. The summed E-state index contributed by atoms with van der Waals surface area (Å²) in [7, 11) is 0. The van der Waals surface area contributed by atoms with Crippen LogP contribution in [0.1, 0.15) is 25.1 Å². The number of para-hydroxylation sites is 1. The molecule has 1 saturated carbocycles. The highest BCUT2D eigenvalue weighted by Crippen LogP contribution is 2.17. The van der Waals surface area contributed by atoms with Crippen molar-refractivity contribution in [1.82, 2.24) is 25.5 Å². The maximum absolute atomic E-state index is 5.85. The number of tetrazole rings is 1. The van der Waals surface area contributed by atoms with Gasteiger partial charge >= 0.3 is 0 Å². The van der Waals surface area contributed by atoms with Crippen LogP contribution >= 0.6 is 0 Å². The molecule has 0 amide bonds. The average molecular weight is 285 g/mol.